The molecule has 0 spiro atoms. The molecule has 2 atom stereocenters. The van der Waals surface area contributed by atoms with E-state index in [4.69, 9.17) is 4.74 Å². The second kappa shape index (κ2) is 4.40. The van der Waals surface area contributed by atoms with Crippen LogP contribution in [0.1, 0.15) is 41.0 Å². The number of aliphatic hydroxyl groups excluding tert-OH is 1. The summed E-state index contributed by atoms with van der Waals surface area (Å²) in [5.41, 5.74) is -0.117. The minimum absolute atomic E-state index is 0.00228. The Morgan fingerprint density at radius 1 is 1.47 bits per heavy atom. The van der Waals surface area contributed by atoms with Gasteiger partial charge in [-0.2, -0.15) is 0 Å². The fourth-order valence-corrected chi connectivity index (χ4v) is 2.06. The second-order valence-corrected chi connectivity index (χ2v) is 5.70. The molecule has 2 unspecified atom stereocenters. The minimum atomic E-state index is -0.162. The molecule has 1 aliphatic rings. The van der Waals surface area contributed by atoms with Crippen molar-refractivity contribution in [3.63, 3.8) is 0 Å². The number of hydrogen-bond acceptors (Lipinski definition) is 3. The van der Waals surface area contributed by atoms with Gasteiger partial charge in [0.1, 0.15) is 0 Å². The normalized spacial score (nSPS) is 30.0. The van der Waals surface area contributed by atoms with Crippen LogP contribution in [0.5, 0.6) is 0 Å². The van der Waals surface area contributed by atoms with Crippen LogP contribution in [0.4, 0.5) is 0 Å². The van der Waals surface area contributed by atoms with Gasteiger partial charge in [-0.05, 0) is 27.2 Å². The summed E-state index contributed by atoms with van der Waals surface area (Å²) in [6.45, 7) is 12.0. The molecule has 0 bridgehead atoms. The lowest BCUT2D eigenvalue weighted by atomic mass is 9.64. The maximum atomic E-state index is 9.61. The van der Waals surface area contributed by atoms with E-state index in [2.05, 4.69) is 33.0 Å². The van der Waals surface area contributed by atoms with E-state index in [1.54, 1.807) is 0 Å². The lowest BCUT2D eigenvalue weighted by Crippen LogP contribution is -2.61. The highest BCUT2D eigenvalue weighted by atomic mass is 16.5. The Kier molecular flexibility index (Phi) is 3.80. The van der Waals surface area contributed by atoms with Gasteiger partial charge in [0.25, 0.3) is 0 Å². The van der Waals surface area contributed by atoms with E-state index in [0.29, 0.717) is 6.04 Å². The first-order valence-electron chi connectivity index (χ1n) is 5.85. The molecular weight excluding hydrogens is 190 g/mol. The highest BCUT2D eigenvalue weighted by molar-refractivity contribution is 5.02. The van der Waals surface area contributed by atoms with E-state index < -0.39 is 0 Å². The van der Waals surface area contributed by atoms with E-state index in [1.165, 1.54) is 0 Å². The third kappa shape index (κ3) is 2.92. The average molecular weight is 215 g/mol. The number of nitrogens with one attached hydrogen (secondary N) is 1. The van der Waals surface area contributed by atoms with Crippen molar-refractivity contribution in [3.05, 3.63) is 0 Å². The molecule has 3 nitrogen and oxygen atoms in total. The summed E-state index contributed by atoms with van der Waals surface area (Å²) in [5.74, 6) is 0. The van der Waals surface area contributed by atoms with Crippen molar-refractivity contribution in [2.75, 3.05) is 13.2 Å². The zero-order valence-corrected chi connectivity index (χ0v) is 10.6. The molecule has 0 radical (unpaired) electrons. The maximum absolute atomic E-state index is 9.61. The van der Waals surface area contributed by atoms with Gasteiger partial charge in [-0.25, -0.2) is 0 Å². The first-order chi connectivity index (χ1) is 6.79. The smallest absolute Gasteiger partial charge is 0.0750 e. The molecule has 1 rings (SSSR count). The summed E-state index contributed by atoms with van der Waals surface area (Å²) in [4.78, 5) is 0. The van der Waals surface area contributed by atoms with Crippen LogP contribution in [0.3, 0.4) is 0 Å². The second-order valence-electron chi connectivity index (χ2n) is 5.70. The molecule has 0 saturated heterocycles. The van der Waals surface area contributed by atoms with Gasteiger partial charge in [-0.3, -0.25) is 0 Å². The van der Waals surface area contributed by atoms with Gasteiger partial charge < -0.3 is 15.2 Å². The lowest BCUT2D eigenvalue weighted by molar-refractivity contribution is -0.0832. The van der Waals surface area contributed by atoms with Crippen LogP contribution >= 0.6 is 0 Å². The van der Waals surface area contributed by atoms with E-state index >= 15 is 0 Å². The van der Waals surface area contributed by atoms with Crippen LogP contribution in [0.15, 0.2) is 0 Å². The predicted octanol–water partition coefficient (Wildman–Crippen LogP) is 1.55. The predicted molar refractivity (Wildman–Crippen MR) is 61.9 cm³/mol. The largest absolute Gasteiger partial charge is 0.392 e. The van der Waals surface area contributed by atoms with E-state index in [-0.39, 0.29) is 17.1 Å². The van der Waals surface area contributed by atoms with Crippen LogP contribution in [0.2, 0.25) is 0 Å². The first-order valence-corrected chi connectivity index (χ1v) is 5.85. The Bertz CT molecular complexity index is 214. The number of ether oxygens (including phenoxy) is 1. The highest BCUT2D eigenvalue weighted by Crippen LogP contribution is 2.40. The molecule has 0 heterocycles. The van der Waals surface area contributed by atoms with E-state index in [9.17, 15) is 5.11 Å². The van der Waals surface area contributed by atoms with Crippen LogP contribution in [-0.2, 0) is 4.74 Å². The SMILES string of the molecule is CCOC(C)(C)CNC1CC(O)C1(C)C. The quantitative estimate of drug-likeness (QED) is 0.731. The minimum Gasteiger partial charge on any atom is -0.392 e. The third-order valence-corrected chi connectivity index (χ3v) is 3.53. The van der Waals surface area contributed by atoms with Crippen LogP contribution in [0, 0.1) is 5.41 Å². The van der Waals surface area contributed by atoms with E-state index in [0.717, 1.165) is 19.6 Å². The van der Waals surface area contributed by atoms with Crippen molar-refractivity contribution in [2.45, 2.75) is 58.8 Å². The van der Waals surface area contributed by atoms with Gasteiger partial charge in [0, 0.05) is 24.6 Å². The van der Waals surface area contributed by atoms with Crippen LogP contribution < -0.4 is 5.32 Å². The molecule has 0 aromatic rings. The molecular formula is C12H25NO2. The molecule has 1 saturated carbocycles. The Labute approximate surface area is 93.2 Å². The monoisotopic (exact) mass is 215 g/mol. The van der Waals surface area contributed by atoms with Gasteiger partial charge in [-0.1, -0.05) is 13.8 Å². The van der Waals surface area contributed by atoms with Crippen molar-refractivity contribution in [1.29, 1.82) is 0 Å². The van der Waals surface area contributed by atoms with Gasteiger partial charge in [0.05, 0.1) is 11.7 Å². The standard InChI is InChI=1S/C12H25NO2/c1-6-15-11(2,3)8-13-9-7-10(14)12(9,4)5/h9-10,13-14H,6-8H2,1-5H3. The molecule has 1 aliphatic carbocycles. The number of aliphatic hydroxyl groups is 1. The summed E-state index contributed by atoms with van der Waals surface area (Å²) < 4.78 is 5.62. The van der Waals surface area contributed by atoms with Crippen molar-refractivity contribution < 1.29 is 9.84 Å². The molecule has 1 fully saturated rings. The van der Waals surface area contributed by atoms with Crippen molar-refractivity contribution in [2.24, 2.45) is 5.41 Å². The number of hydrogen-bond donors (Lipinski definition) is 2. The Balaban J connectivity index is 2.33. The zero-order chi connectivity index (χ0) is 11.7. The summed E-state index contributed by atoms with van der Waals surface area (Å²) in [7, 11) is 0. The van der Waals surface area contributed by atoms with Gasteiger partial charge >= 0.3 is 0 Å². The van der Waals surface area contributed by atoms with Crippen molar-refractivity contribution >= 4 is 0 Å². The lowest BCUT2D eigenvalue weighted by Gasteiger charge is -2.50. The molecule has 0 aliphatic heterocycles. The molecule has 15 heavy (non-hydrogen) atoms. The van der Waals surface area contributed by atoms with Crippen LogP contribution in [0.25, 0.3) is 0 Å². The van der Waals surface area contributed by atoms with E-state index in [1.807, 2.05) is 6.92 Å². The molecule has 0 aromatic heterocycles. The van der Waals surface area contributed by atoms with Gasteiger partial charge in [0.15, 0.2) is 0 Å². The molecule has 0 aromatic carbocycles. The topological polar surface area (TPSA) is 41.5 Å². The van der Waals surface area contributed by atoms with Crippen molar-refractivity contribution in [3.8, 4) is 0 Å². The van der Waals surface area contributed by atoms with Gasteiger partial charge in [0.2, 0.25) is 0 Å². The summed E-state index contributed by atoms with van der Waals surface area (Å²) in [6, 6.07) is 0.409. The van der Waals surface area contributed by atoms with Crippen molar-refractivity contribution in [1.82, 2.24) is 5.32 Å². The Hall–Kier alpha value is -0.120. The fraction of sp³-hybridized carbons (Fsp3) is 1.00. The fourth-order valence-electron chi connectivity index (χ4n) is 2.06. The summed E-state index contributed by atoms with van der Waals surface area (Å²) >= 11 is 0. The summed E-state index contributed by atoms with van der Waals surface area (Å²) in [5, 5.41) is 13.1. The van der Waals surface area contributed by atoms with Crippen LogP contribution in [-0.4, -0.2) is 36.0 Å². The maximum Gasteiger partial charge on any atom is 0.0750 e. The Morgan fingerprint density at radius 2 is 2.07 bits per heavy atom. The number of rotatable bonds is 5. The highest BCUT2D eigenvalue weighted by Gasteiger charge is 2.47. The van der Waals surface area contributed by atoms with Gasteiger partial charge in [-0.15, -0.1) is 0 Å². The average Bonchev–Trinajstić information content (AvgIpc) is 2.11. The summed E-state index contributed by atoms with van der Waals surface area (Å²) in [6.07, 6.45) is 0.695. The molecule has 3 heteroatoms. The molecule has 90 valence electrons. The zero-order valence-electron chi connectivity index (χ0n) is 10.6. The Morgan fingerprint density at radius 3 is 2.47 bits per heavy atom. The molecule has 2 N–H and O–H groups in total. The third-order valence-electron chi connectivity index (χ3n) is 3.53. The molecule has 0 amide bonds. The first kappa shape index (κ1) is 12.9.